The molecule has 0 N–H and O–H groups in total. The van der Waals surface area contributed by atoms with Crippen molar-refractivity contribution in [2.24, 2.45) is 0 Å². The van der Waals surface area contributed by atoms with Gasteiger partial charge in [0.2, 0.25) is 0 Å². The topological polar surface area (TPSA) is 3.24 Å². The Labute approximate surface area is 107 Å². The normalized spacial score (nSPS) is 24.1. The molecule has 0 aromatic carbocycles. The maximum atomic E-state index is 5.63. The highest BCUT2D eigenvalue weighted by Gasteiger charge is 2.32. The fraction of sp³-hybridized carbons (Fsp3) is 0.846. The van der Waals surface area contributed by atoms with Gasteiger partial charge in [-0.3, -0.25) is 0 Å². The minimum Gasteiger partial charge on any atom is -0.303 e. The summed E-state index contributed by atoms with van der Waals surface area (Å²) >= 11 is 5.63. The van der Waals surface area contributed by atoms with Gasteiger partial charge in [-0.2, -0.15) is 0 Å². The first-order valence-electron chi connectivity index (χ1n) is 6.50. The van der Waals surface area contributed by atoms with Crippen LogP contribution in [0.25, 0.3) is 0 Å². The van der Waals surface area contributed by atoms with Crippen molar-refractivity contribution in [1.82, 2.24) is 4.90 Å². The van der Waals surface area contributed by atoms with Crippen molar-refractivity contribution in [3.05, 3.63) is 12.2 Å². The number of hydrogen-bond acceptors (Lipinski definition) is 1. The van der Waals surface area contributed by atoms with Gasteiger partial charge >= 0.3 is 0 Å². The number of halogens is 1. The van der Waals surface area contributed by atoms with E-state index in [2.05, 4.69) is 36.7 Å². The first-order chi connectivity index (χ1) is 7.55. The van der Waals surface area contributed by atoms with Gasteiger partial charge in [-0.15, -0.1) is 11.6 Å². The molecular weight excluding hydrogens is 234 g/mol. The van der Waals surface area contributed by atoms with Gasteiger partial charge in [0.1, 0.15) is 0 Å². The second kappa shape index (κ2) is 6.82. The molecule has 0 spiro atoms. The zero-order valence-electron chi connectivity index (χ0n) is 11.0. The molecule has 3 heteroatoms. The van der Waals surface area contributed by atoms with Crippen LogP contribution >= 0.6 is 11.6 Å². The molecule has 1 rings (SSSR count). The van der Waals surface area contributed by atoms with Crippen LogP contribution in [0.3, 0.4) is 0 Å². The van der Waals surface area contributed by atoms with Crippen LogP contribution in [0.15, 0.2) is 12.2 Å². The molecule has 0 amide bonds. The van der Waals surface area contributed by atoms with E-state index in [1.54, 1.807) is 0 Å². The van der Waals surface area contributed by atoms with Crippen LogP contribution in [-0.4, -0.2) is 37.6 Å². The van der Waals surface area contributed by atoms with Gasteiger partial charge in [0, 0.05) is 18.1 Å². The lowest BCUT2D eigenvalue weighted by Crippen LogP contribution is -2.53. The average Bonchev–Trinajstić information content (AvgIpc) is 2.24. The zero-order chi connectivity index (χ0) is 12.0. The maximum absolute atomic E-state index is 5.63. The van der Waals surface area contributed by atoms with E-state index in [0.717, 1.165) is 12.1 Å². The van der Waals surface area contributed by atoms with E-state index in [1.807, 2.05) is 0 Å². The minimum absolute atomic E-state index is 0.650. The van der Waals surface area contributed by atoms with Crippen LogP contribution in [0.1, 0.15) is 25.7 Å². The number of alkyl halides is 1. The third-order valence-electron chi connectivity index (χ3n) is 3.45. The summed E-state index contributed by atoms with van der Waals surface area (Å²) < 4.78 is 0. The van der Waals surface area contributed by atoms with Crippen LogP contribution in [-0.2, 0) is 0 Å². The number of piperidine rings is 1. The highest BCUT2D eigenvalue weighted by molar-refractivity contribution is 6.77. The zero-order valence-corrected chi connectivity index (χ0v) is 12.8. The van der Waals surface area contributed by atoms with Crippen molar-refractivity contribution in [2.75, 3.05) is 19.0 Å². The van der Waals surface area contributed by atoms with Gasteiger partial charge in [0.15, 0.2) is 0 Å². The molecule has 0 aliphatic carbocycles. The standard InChI is InChI=1S/C13H26ClNSi/c1-16(2,3)13-9-5-8-12-15(13)11-7-4-6-10-14/h4,6,13H,5,7-12H2,1-3H3/b6-4-. The Morgan fingerprint density at radius 1 is 1.25 bits per heavy atom. The molecular formula is C13H26ClNSi. The molecule has 1 heterocycles. The fourth-order valence-corrected chi connectivity index (χ4v) is 5.21. The summed E-state index contributed by atoms with van der Waals surface area (Å²) in [7, 11) is -1.01. The van der Waals surface area contributed by atoms with Crippen molar-refractivity contribution < 1.29 is 0 Å². The highest BCUT2D eigenvalue weighted by Crippen LogP contribution is 2.25. The van der Waals surface area contributed by atoms with E-state index in [0.29, 0.717) is 5.88 Å². The summed E-state index contributed by atoms with van der Waals surface area (Å²) in [6.45, 7) is 10.0. The molecule has 1 unspecified atom stereocenters. The molecule has 0 saturated carbocycles. The van der Waals surface area contributed by atoms with Crippen LogP contribution in [0.5, 0.6) is 0 Å². The van der Waals surface area contributed by atoms with E-state index in [4.69, 9.17) is 11.6 Å². The molecule has 1 atom stereocenters. The highest BCUT2D eigenvalue weighted by atomic mass is 35.5. The molecule has 1 nitrogen and oxygen atoms in total. The summed E-state index contributed by atoms with van der Waals surface area (Å²) in [6, 6.07) is 0. The predicted molar refractivity (Wildman–Crippen MR) is 77.0 cm³/mol. The van der Waals surface area contributed by atoms with E-state index < -0.39 is 8.07 Å². The lowest BCUT2D eigenvalue weighted by atomic mass is 10.1. The summed E-state index contributed by atoms with van der Waals surface area (Å²) in [4.78, 5) is 2.73. The molecule has 0 aromatic heterocycles. The molecule has 1 fully saturated rings. The van der Waals surface area contributed by atoms with Gasteiger partial charge in [-0.1, -0.05) is 38.2 Å². The quantitative estimate of drug-likeness (QED) is 0.411. The van der Waals surface area contributed by atoms with Gasteiger partial charge < -0.3 is 4.90 Å². The molecule has 0 radical (unpaired) electrons. The largest absolute Gasteiger partial charge is 0.303 e. The Morgan fingerprint density at radius 2 is 2.00 bits per heavy atom. The number of nitrogens with zero attached hydrogens (tertiary/aromatic N) is 1. The second-order valence-corrected chi connectivity index (χ2v) is 11.5. The first-order valence-corrected chi connectivity index (χ1v) is 10.6. The summed E-state index contributed by atoms with van der Waals surface area (Å²) in [5, 5.41) is 0. The number of rotatable bonds is 5. The number of hydrogen-bond donors (Lipinski definition) is 0. The van der Waals surface area contributed by atoms with E-state index in [1.165, 1.54) is 32.4 Å². The second-order valence-electron chi connectivity index (χ2n) is 5.83. The molecule has 16 heavy (non-hydrogen) atoms. The Morgan fingerprint density at radius 3 is 2.62 bits per heavy atom. The van der Waals surface area contributed by atoms with E-state index in [-0.39, 0.29) is 0 Å². The van der Waals surface area contributed by atoms with Gasteiger partial charge in [-0.25, -0.2) is 0 Å². The van der Waals surface area contributed by atoms with Crippen molar-refractivity contribution in [2.45, 2.75) is 51.0 Å². The van der Waals surface area contributed by atoms with Crippen LogP contribution in [0, 0.1) is 0 Å². The van der Waals surface area contributed by atoms with Crippen molar-refractivity contribution in [3.63, 3.8) is 0 Å². The number of likely N-dealkylation sites (tertiary alicyclic amines) is 1. The van der Waals surface area contributed by atoms with E-state index in [9.17, 15) is 0 Å². The van der Waals surface area contributed by atoms with Gasteiger partial charge in [-0.05, 0) is 25.8 Å². The SMILES string of the molecule is C[Si](C)(C)C1CCCCN1CC/C=C\CCl. The first kappa shape index (κ1) is 14.3. The molecule has 1 saturated heterocycles. The van der Waals surface area contributed by atoms with Crippen LogP contribution in [0.4, 0.5) is 0 Å². The minimum atomic E-state index is -1.01. The third-order valence-corrected chi connectivity index (χ3v) is 6.28. The predicted octanol–water partition coefficient (Wildman–Crippen LogP) is 3.90. The lowest BCUT2D eigenvalue weighted by molar-refractivity contribution is 0.197. The Kier molecular flexibility index (Phi) is 6.09. The Balaban J connectivity index is 2.44. The molecule has 0 aromatic rings. The Hall–Kier alpha value is 0.207. The van der Waals surface area contributed by atoms with Gasteiger partial charge in [0.25, 0.3) is 0 Å². The summed E-state index contributed by atoms with van der Waals surface area (Å²) in [5.41, 5.74) is 0.894. The van der Waals surface area contributed by atoms with Crippen LogP contribution in [0.2, 0.25) is 19.6 Å². The molecule has 1 aliphatic heterocycles. The average molecular weight is 260 g/mol. The van der Waals surface area contributed by atoms with Crippen molar-refractivity contribution in [3.8, 4) is 0 Å². The molecule has 94 valence electrons. The molecule has 0 bridgehead atoms. The van der Waals surface area contributed by atoms with E-state index >= 15 is 0 Å². The van der Waals surface area contributed by atoms with Crippen LogP contribution < -0.4 is 0 Å². The molecule has 1 aliphatic rings. The van der Waals surface area contributed by atoms with Crippen molar-refractivity contribution >= 4 is 19.7 Å². The van der Waals surface area contributed by atoms with Gasteiger partial charge in [0.05, 0.1) is 8.07 Å². The maximum Gasteiger partial charge on any atom is 0.0638 e. The fourth-order valence-electron chi connectivity index (χ4n) is 2.66. The third kappa shape index (κ3) is 4.60. The monoisotopic (exact) mass is 259 g/mol. The van der Waals surface area contributed by atoms with Crippen molar-refractivity contribution in [1.29, 1.82) is 0 Å². The smallest absolute Gasteiger partial charge is 0.0638 e. The number of allylic oxidation sites excluding steroid dienone is 1. The summed E-state index contributed by atoms with van der Waals surface area (Å²) in [6.07, 6.45) is 9.70. The Bertz CT molecular complexity index is 222. The lowest BCUT2D eigenvalue weighted by Gasteiger charge is -2.42. The summed E-state index contributed by atoms with van der Waals surface area (Å²) in [5.74, 6) is 0.650.